The molecular formula is C18H16N2O5. The number of amides is 2. The van der Waals surface area contributed by atoms with Gasteiger partial charge in [0.25, 0.3) is 5.91 Å². The molecule has 0 aliphatic rings. The zero-order chi connectivity index (χ0) is 18.2. The van der Waals surface area contributed by atoms with E-state index in [0.717, 1.165) is 0 Å². The molecule has 0 saturated heterocycles. The first kappa shape index (κ1) is 17.7. The summed E-state index contributed by atoms with van der Waals surface area (Å²) in [4.78, 5) is 35.4. The number of hydrogen-bond donors (Lipinski definition) is 3. The number of benzene rings is 2. The van der Waals surface area contributed by atoms with Crippen LogP contribution in [0.1, 0.15) is 20.7 Å². The van der Waals surface area contributed by atoms with Crippen LogP contribution in [0.25, 0.3) is 0 Å². The molecule has 0 bridgehead atoms. The standard InChI is InChI=1S/C18H16N2O5/c1-2-11-25-18(24)20-14-9-5-3-7-12(14)16(21)19-15-10-6-4-8-13(15)17(22)23/h2-10H,1,11H2,(H,19,21)(H,20,24)(H,22,23). The number of para-hydroxylation sites is 2. The van der Waals surface area contributed by atoms with E-state index in [1.165, 1.54) is 30.3 Å². The molecule has 0 spiro atoms. The Kier molecular flexibility index (Phi) is 5.89. The third-order valence-corrected chi connectivity index (χ3v) is 3.15. The van der Waals surface area contributed by atoms with Crippen molar-refractivity contribution in [2.45, 2.75) is 0 Å². The minimum Gasteiger partial charge on any atom is -0.478 e. The van der Waals surface area contributed by atoms with Gasteiger partial charge in [-0.2, -0.15) is 0 Å². The van der Waals surface area contributed by atoms with Crippen molar-refractivity contribution in [2.24, 2.45) is 0 Å². The SMILES string of the molecule is C=CCOC(=O)Nc1ccccc1C(=O)Nc1ccccc1C(=O)O. The van der Waals surface area contributed by atoms with Crippen molar-refractivity contribution >= 4 is 29.3 Å². The molecule has 0 aliphatic carbocycles. The average Bonchev–Trinajstić information content (AvgIpc) is 2.60. The fraction of sp³-hybridized carbons (Fsp3) is 0.0556. The second kappa shape index (κ2) is 8.30. The molecule has 0 atom stereocenters. The normalized spacial score (nSPS) is 9.76. The van der Waals surface area contributed by atoms with Crippen LogP contribution in [0, 0.1) is 0 Å². The Hall–Kier alpha value is -3.61. The molecule has 7 nitrogen and oxygen atoms in total. The van der Waals surface area contributed by atoms with Crippen molar-refractivity contribution in [3.05, 3.63) is 72.3 Å². The summed E-state index contributed by atoms with van der Waals surface area (Å²) < 4.78 is 4.82. The summed E-state index contributed by atoms with van der Waals surface area (Å²) in [5, 5.41) is 14.2. The molecule has 2 aromatic carbocycles. The lowest BCUT2D eigenvalue weighted by Gasteiger charge is -2.12. The van der Waals surface area contributed by atoms with Gasteiger partial charge in [0.15, 0.2) is 0 Å². The van der Waals surface area contributed by atoms with E-state index < -0.39 is 18.0 Å². The Morgan fingerprint density at radius 2 is 1.52 bits per heavy atom. The van der Waals surface area contributed by atoms with E-state index in [9.17, 15) is 19.5 Å². The largest absolute Gasteiger partial charge is 0.478 e. The Bertz CT molecular complexity index is 817. The highest BCUT2D eigenvalue weighted by Gasteiger charge is 2.16. The molecule has 7 heteroatoms. The van der Waals surface area contributed by atoms with Gasteiger partial charge in [0, 0.05) is 0 Å². The van der Waals surface area contributed by atoms with Gasteiger partial charge in [0.05, 0.1) is 22.5 Å². The fourth-order valence-electron chi connectivity index (χ4n) is 2.04. The number of anilines is 2. The molecule has 0 fully saturated rings. The summed E-state index contributed by atoms with van der Waals surface area (Å²) in [7, 11) is 0. The van der Waals surface area contributed by atoms with E-state index in [1.807, 2.05) is 0 Å². The molecule has 0 heterocycles. The van der Waals surface area contributed by atoms with Crippen molar-refractivity contribution in [1.82, 2.24) is 0 Å². The van der Waals surface area contributed by atoms with Crippen LogP contribution in [0.2, 0.25) is 0 Å². The van der Waals surface area contributed by atoms with Crippen LogP contribution in [0.5, 0.6) is 0 Å². The molecule has 2 rings (SSSR count). The van der Waals surface area contributed by atoms with Gasteiger partial charge in [0.2, 0.25) is 0 Å². The van der Waals surface area contributed by atoms with Crippen LogP contribution in [0.4, 0.5) is 16.2 Å². The first-order chi connectivity index (χ1) is 12.0. The fourth-order valence-corrected chi connectivity index (χ4v) is 2.04. The first-order valence-corrected chi connectivity index (χ1v) is 7.30. The van der Waals surface area contributed by atoms with Crippen LogP contribution in [0.15, 0.2) is 61.2 Å². The summed E-state index contributed by atoms with van der Waals surface area (Å²) in [5.41, 5.74) is 0.524. The van der Waals surface area contributed by atoms with Crippen molar-refractivity contribution in [3.63, 3.8) is 0 Å². The Morgan fingerprint density at radius 1 is 0.960 bits per heavy atom. The van der Waals surface area contributed by atoms with E-state index in [2.05, 4.69) is 17.2 Å². The number of aromatic carboxylic acids is 1. The monoisotopic (exact) mass is 340 g/mol. The lowest BCUT2D eigenvalue weighted by atomic mass is 10.1. The maximum atomic E-state index is 12.5. The number of carboxylic acids is 1. The van der Waals surface area contributed by atoms with Crippen molar-refractivity contribution in [2.75, 3.05) is 17.2 Å². The highest BCUT2D eigenvalue weighted by atomic mass is 16.5. The van der Waals surface area contributed by atoms with Crippen LogP contribution in [-0.2, 0) is 4.74 Å². The van der Waals surface area contributed by atoms with Gasteiger partial charge >= 0.3 is 12.1 Å². The van der Waals surface area contributed by atoms with Crippen LogP contribution >= 0.6 is 0 Å². The molecule has 0 radical (unpaired) electrons. The smallest absolute Gasteiger partial charge is 0.411 e. The maximum absolute atomic E-state index is 12.5. The van der Waals surface area contributed by atoms with Crippen molar-refractivity contribution in [3.8, 4) is 0 Å². The average molecular weight is 340 g/mol. The molecule has 2 amide bonds. The zero-order valence-electron chi connectivity index (χ0n) is 13.2. The lowest BCUT2D eigenvalue weighted by Crippen LogP contribution is -2.19. The Balaban J connectivity index is 2.21. The number of carbonyl (C=O) groups is 3. The van der Waals surface area contributed by atoms with Gasteiger partial charge in [-0.05, 0) is 24.3 Å². The molecule has 25 heavy (non-hydrogen) atoms. The quantitative estimate of drug-likeness (QED) is 0.699. The van der Waals surface area contributed by atoms with Gasteiger partial charge < -0.3 is 15.2 Å². The molecule has 128 valence electrons. The maximum Gasteiger partial charge on any atom is 0.411 e. The Labute approximate surface area is 143 Å². The van der Waals surface area contributed by atoms with Gasteiger partial charge in [-0.3, -0.25) is 10.1 Å². The number of hydrogen-bond acceptors (Lipinski definition) is 4. The second-order valence-corrected chi connectivity index (χ2v) is 4.86. The van der Waals surface area contributed by atoms with Crippen LogP contribution in [-0.4, -0.2) is 29.7 Å². The first-order valence-electron chi connectivity index (χ1n) is 7.30. The second-order valence-electron chi connectivity index (χ2n) is 4.86. The number of carboxylic acid groups (broad SMARTS) is 1. The molecule has 0 unspecified atom stereocenters. The Morgan fingerprint density at radius 3 is 2.12 bits per heavy atom. The molecule has 3 N–H and O–H groups in total. The summed E-state index contributed by atoms with van der Waals surface area (Å²) in [6.07, 6.45) is 0.687. The number of nitrogens with one attached hydrogen (secondary N) is 2. The third kappa shape index (κ3) is 4.68. The van der Waals surface area contributed by atoms with E-state index in [-0.39, 0.29) is 29.1 Å². The summed E-state index contributed by atoms with van der Waals surface area (Å²) in [5.74, 6) is -1.72. The number of ether oxygens (including phenoxy) is 1. The molecule has 2 aromatic rings. The van der Waals surface area contributed by atoms with Crippen LogP contribution in [0.3, 0.4) is 0 Å². The van der Waals surface area contributed by atoms with Gasteiger partial charge in [0.1, 0.15) is 6.61 Å². The number of rotatable bonds is 6. The zero-order valence-corrected chi connectivity index (χ0v) is 13.2. The molecule has 0 aromatic heterocycles. The van der Waals surface area contributed by atoms with Crippen molar-refractivity contribution < 1.29 is 24.2 Å². The van der Waals surface area contributed by atoms with Gasteiger partial charge in [-0.15, -0.1) is 0 Å². The topological polar surface area (TPSA) is 105 Å². The molecule has 0 saturated carbocycles. The van der Waals surface area contributed by atoms with Gasteiger partial charge in [-0.1, -0.05) is 36.9 Å². The number of carbonyl (C=O) groups excluding carboxylic acids is 2. The minimum atomic E-state index is -1.16. The van der Waals surface area contributed by atoms with E-state index in [0.29, 0.717) is 0 Å². The predicted molar refractivity (Wildman–Crippen MR) is 93.0 cm³/mol. The van der Waals surface area contributed by atoms with E-state index in [1.54, 1.807) is 24.3 Å². The van der Waals surface area contributed by atoms with E-state index >= 15 is 0 Å². The predicted octanol–water partition coefficient (Wildman–Crippen LogP) is 3.37. The summed E-state index contributed by atoms with van der Waals surface area (Å²) >= 11 is 0. The third-order valence-electron chi connectivity index (χ3n) is 3.15. The van der Waals surface area contributed by atoms with E-state index in [4.69, 9.17) is 4.74 Å². The van der Waals surface area contributed by atoms with Gasteiger partial charge in [-0.25, -0.2) is 9.59 Å². The summed E-state index contributed by atoms with van der Waals surface area (Å²) in [6, 6.07) is 12.3. The van der Waals surface area contributed by atoms with Crippen molar-refractivity contribution in [1.29, 1.82) is 0 Å². The highest BCUT2D eigenvalue weighted by Crippen LogP contribution is 2.20. The minimum absolute atomic E-state index is 0.0339. The lowest BCUT2D eigenvalue weighted by molar-refractivity contribution is 0.0698. The summed E-state index contributed by atoms with van der Waals surface area (Å²) in [6.45, 7) is 3.47. The molecular weight excluding hydrogens is 324 g/mol. The van der Waals surface area contributed by atoms with Crippen LogP contribution < -0.4 is 10.6 Å². The molecule has 0 aliphatic heterocycles. The highest BCUT2D eigenvalue weighted by molar-refractivity contribution is 6.11.